The smallest absolute Gasteiger partial charge is 0.378 e. The number of hydrogen-bond donors (Lipinski definition) is 2. The van der Waals surface area contributed by atoms with E-state index in [2.05, 4.69) is 0 Å². The van der Waals surface area contributed by atoms with Gasteiger partial charge in [0.1, 0.15) is 13.2 Å². The minimum Gasteiger partial charge on any atom is -0.390 e. The Morgan fingerprint density at radius 2 is 0.667 bits per heavy atom. The predicted molar refractivity (Wildman–Crippen MR) is 53.1 cm³/mol. The van der Waals surface area contributed by atoms with E-state index >= 15 is 0 Å². The lowest BCUT2D eigenvalue weighted by molar-refractivity contribution is -0.380. The first-order chi connectivity index (χ1) is 10.3. The van der Waals surface area contributed by atoms with Crippen LogP contribution in [0.3, 0.4) is 0 Å². The van der Waals surface area contributed by atoms with Crippen LogP contribution < -0.4 is 0 Å². The zero-order valence-corrected chi connectivity index (χ0v) is 11.3. The van der Waals surface area contributed by atoms with Crippen molar-refractivity contribution in [2.24, 2.45) is 0 Å². The first kappa shape index (κ1) is 23.1. The first-order valence-electron chi connectivity index (χ1n) is 5.77. The van der Waals surface area contributed by atoms with Gasteiger partial charge in [-0.1, -0.05) is 0 Å². The summed E-state index contributed by atoms with van der Waals surface area (Å²) in [6.07, 6.45) is -6.88. The molecule has 0 saturated heterocycles. The molecule has 0 aliphatic carbocycles. The van der Waals surface area contributed by atoms with Crippen molar-refractivity contribution >= 4 is 0 Å². The molecule has 0 spiro atoms. The summed E-state index contributed by atoms with van der Waals surface area (Å²) in [4.78, 5) is 0. The molecule has 2 nitrogen and oxygen atoms in total. The molecule has 0 fully saturated rings. The number of halogens is 12. The van der Waals surface area contributed by atoms with Gasteiger partial charge in [0, 0.05) is 0 Å². The number of alkyl halides is 12. The summed E-state index contributed by atoms with van der Waals surface area (Å²) in [5, 5.41) is 16.0. The average molecular weight is 390 g/mol. The standard InChI is InChI=1S/C10H10F12O2/c11-5(12,3-23)1-7(15,16)9(19,20)10(21,22)8(17,18)2-6(13,14)4-24/h23-24H,1-4H2. The Morgan fingerprint density at radius 1 is 0.458 bits per heavy atom. The highest BCUT2D eigenvalue weighted by Crippen LogP contribution is 2.56. The molecular formula is C10H10F12O2. The van der Waals surface area contributed by atoms with Gasteiger partial charge in [-0.25, -0.2) is 17.6 Å². The van der Waals surface area contributed by atoms with Crippen LogP contribution in [0, 0.1) is 0 Å². The third kappa shape index (κ3) is 4.37. The van der Waals surface area contributed by atoms with Crippen LogP contribution in [-0.4, -0.2) is 59.0 Å². The van der Waals surface area contributed by atoms with Crippen molar-refractivity contribution in [1.29, 1.82) is 0 Å². The maximum Gasteiger partial charge on any atom is 0.378 e. The van der Waals surface area contributed by atoms with Crippen LogP contribution in [0.5, 0.6) is 0 Å². The van der Waals surface area contributed by atoms with E-state index in [1.807, 2.05) is 0 Å². The van der Waals surface area contributed by atoms with Gasteiger partial charge in [-0.15, -0.1) is 0 Å². The van der Waals surface area contributed by atoms with E-state index in [4.69, 9.17) is 10.2 Å². The fraction of sp³-hybridized carbons (Fsp3) is 1.00. The molecule has 14 heteroatoms. The molecule has 146 valence electrons. The van der Waals surface area contributed by atoms with Gasteiger partial charge in [-0.05, 0) is 0 Å². The van der Waals surface area contributed by atoms with Crippen LogP contribution in [0.2, 0.25) is 0 Å². The number of aliphatic hydroxyl groups excluding tert-OH is 2. The van der Waals surface area contributed by atoms with Gasteiger partial charge >= 0.3 is 23.7 Å². The van der Waals surface area contributed by atoms with Crippen molar-refractivity contribution in [3.63, 3.8) is 0 Å². The van der Waals surface area contributed by atoms with Crippen LogP contribution >= 0.6 is 0 Å². The van der Waals surface area contributed by atoms with Crippen LogP contribution in [0.1, 0.15) is 12.8 Å². The Hall–Kier alpha value is -0.920. The third-order valence-corrected chi connectivity index (χ3v) is 2.74. The largest absolute Gasteiger partial charge is 0.390 e. The fourth-order valence-corrected chi connectivity index (χ4v) is 1.44. The summed E-state index contributed by atoms with van der Waals surface area (Å²) in [7, 11) is 0. The Morgan fingerprint density at radius 3 is 0.833 bits per heavy atom. The zero-order chi connectivity index (χ0) is 19.8. The SMILES string of the molecule is OCC(F)(F)CC(F)(F)C(F)(F)C(F)(F)C(F)(F)CC(F)(F)CO. The Labute approximate surface area is 126 Å². The Bertz CT molecular complexity index is 394. The van der Waals surface area contributed by atoms with E-state index in [0.717, 1.165) is 0 Å². The second-order valence-corrected chi connectivity index (χ2v) is 4.94. The highest BCUT2D eigenvalue weighted by atomic mass is 19.4. The zero-order valence-electron chi connectivity index (χ0n) is 11.3. The van der Waals surface area contributed by atoms with E-state index in [1.54, 1.807) is 0 Å². The van der Waals surface area contributed by atoms with Gasteiger partial charge in [0.05, 0.1) is 12.8 Å². The predicted octanol–water partition coefficient (Wildman–Crippen LogP) is 3.56. The van der Waals surface area contributed by atoms with Crippen molar-refractivity contribution in [2.75, 3.05) is 13.2 Å². The summed E-state index contributed by atoms with van der Waals surface area (Å²) >= 11 is 0. The molecule has 0 radical (unpaired) electrons. The lowest BCUT2D eigenvalue weighted by atomic mass is 9.92. The van der Waals surface area contributed by atoms with Crippen LogP contribution in [0.15, 0.2) is 0 Å². The second-order valence-electron chi connectivity index (χ2n) is 4.94. The molecule has 0 unspecified atom stereocenters. The van der Waals surface area contributed by atoms with E-state index < -0.39 is 61.6 Å². The van der Waals surface area contributed by atoms with Crippen molar-refractivity contribution in [3.05, 3.63) is 0 Å². The topological polar surface area (TPSA) is 40.5 Å². The van der Waals surface area contributed by atoms with Crippen LogP contribution in [-0.2, 0) is 0 Å². The molecule has 24 heavy (non-hydrogen) atoms. The second kappa shape index (κ2) is 6.42. The van der Waals surface area contributed by atoms with Crippen LogP contribution in [0.4, 0.5) is 52.7 Å². The highest BCUT2D eigenvalue weighted by molar-refractivity contribution is 5.05. The molecule has 2 N–H and O–H groups in total. The summed E-state index contributed by atoms with van der Waals surface area (Å²) in [6, 6.07) is 0. The number of hydrogen-bond acceptors (Lipinski definition) is 2. The van der Waals surface area contributed by atoms with E-state index in [0.29, 0.717) is 0 Å². The van der Waals surface area contributed by atoms with Crippen molar-refractivity contribution in [3.8, 4) is 0 Å². The Kier molecular flexibility index (Phi) is 6.18. The summed E-state index contributed by atoms with van der Waals surface area (Å²) in [6.45, 7) is -4.97. The maximum atomic E-state index is 13.1. The van der Waals surface area contributed by atoms with E-state index in [-0.39, 0.29) is 0 Å². The summed E-state index contributed by atoms with van der Waals surface area (Å²) in [5.74, 6) is -37.4. The van der Waals surface area contributed by atoms with Gasteiger partial charge in [0.15, 0.2) is 0 Å². The molecular weight excluding hydrogens is 380 g/mol. The molecule has 0 aliphatic rings. The van der Waals surface area contributed by atoms with Gasteiger partial charge < -0.3 is 10.2 Å². The average Bonchev–Trinajstić information content (AvgIpc) is 2.35. The lowest BCUT2D eigenvalue weighted by Crippen LogP contribution is -2.64. The van der Waals surface area contributed by atoms with E-state index in [9.17, 15) is 52.7 Å². The number of aliphatic hydroxyl groups is 2. The molecule has 0 aromatic rings. The molecule has 0 aromatic heterocycles. The van der Waals surface area contributed by atoms with Crippen molar-refractivity contribution < 1.29 is 62.9 Å². The summed E-state index contributed by atoms with van der Waals surface area (Å²) in [5.41, 5.74) is 0. The molecule has 0 heterocycles. The molecule has 0 saturated carbocycles. The monoisotopic (exact) mass is 390 g/mol. The lowest BCUT2D eigenvalue weighted by Gasteiger charge is -2.38. The molecule has 0 aliphatic heterocycles. The maximum absolute atomic E-state index is 13.1. The van der Waals surface area contributed by atoms with E-state index in [1.165, 1.54) is 0 Å². The molecule has 0 aromatic carbocycles. The van der Waals surface area contributed by atoms with Crippen molar-refractivity contribution in [1.82, 2.24) is 0 Å². The minimum absolute atomic E-state index is 2.48. The molecule has 0 atom stereocenters. The fourth-order valence-electron chi connectivity index (χ4n) is 1.44. The normalized spacial score (nSPS) is 15.8. The molecule has 0 amide bonds. The van der Waals surface area contributed by atoms with Gasteiger partial charge in [0.2, 0.25) is 0 Å². The molecule has 0 bridgehead atoms. The quantitative estimate of drug-likeness (QED) is 0.592. The summed E-state index contributed by atoms with van der Waals surface area (Å²) < 4.78 is 155. The highest BCUT2D eigenvalue weighted by Gasteiger charge is 2.81. The van der Waals surface area contributed by atoms with Gasteiger partial charge in [-0.3, -0.25) is 0 Å². The molecule has 0 rings (SSSR count). The Balaban J connectivity index is 5.80. The van der Waals surface area contributed by atoms with Crippen LogP contribution in [0.25, 0.3) is 0 Å². The van der Waals surface area contributed by atoms with Crippen molar-refractivity contribution in [2.45, 2.75) is 48.4 Å². The first-order valence-corrected chi connectivity index (χ1v) is 5.77. The number of rotatable bonds is 9. The van der Waals surface area contributed by atoms with Gasteiger partial charge in [-0.2, -0.15) is 35.1 Å². The van der Waals surface area contributed by atoms with Gasteiger partial charge in [0.25, 0.3) is 11.8 Å². The third-order valence-electron chi connectivity index (χ3n) is 2.74. The minimum atomic E-state index is -7.17.